The highest BCUT2D eigenvalue weighted by Gasteiger charge is 2.34. The van der Waals surface area contributed by atoms with Crippen molar-refractivity contribution in [2.45, 2.75) is 24.0 Å². The number of halogens is 2. The highest BCUT2D eigenvalue weighted by Crippen LogP contribution is 2.40. The summed E-state index contributed by atoms with van der Waals surface area (Å²) in [4.78, 5) is 0. The van der Waals surface area contributed by atoms with Crippen LogP contribution >= 0.6 is 22.3 Å². The van der Waals surface area contributed by atoms with E-state index < -0.39 is 9.05 Å². The lowest BCUT2D eigenvalue weighted by Gasteiger charge is -2.07. The van der Waals surface area contributed by atoms with E-state index in [2.05, 4.69) is 10.2 Å². The summed E-state index contributed by atoms with van der Waals surface area (Å²) in [7, 11) is 1.48. The number of hydrogen-bond donors (Lipinski definition) is 0. The maximum Gasteiger partial charge on any atom is 0.296 e. The van der Waals surface area contributed by atoms with Crippen LogP contribution in [0.2, 0.25) is 5.02 Å². The Kier molecular flexibility index (Phi) is 3.03. The van der Waals surface area contributed by atoms with Crippen LogP contribution in [0.15, 0.2) is 29.4 Å². The van der Waals surface area contributed by atoms with Gasteiger partial charge in [-0.05, 0) is 25.0 Å². The predicted octanol–water partition coefficient (Wildman–Crippen LogP) is 2.86. The number of benzene rings is 1. The van der Waals surface area contributed by atoms with Crippen LogP contribution in [0.25, 0.3) is 11.4 Å². The van der Waals surface area contributed by atoms with Gasteiger partial charge in [0.25, 0.3) is 14.2 Å². The topological polar surface area (TPSA) is 64.8 Å². The summed E-state index contributed by atoms with van der Waals surface area (Å²) in [5.41, 5.74) is 0.721. The summed E-state index contributed by atoms with van der Waals surface area (Å²) in [6.07, 6.45) is 1.79. The maximum absolute atomic E-state index is 11.5. The molecule has 0 radical (unpaired) electrons. The molecule has 0 unspecified atom stereocenters. The molecular formula is C11H9Cl2N3O2S. The largest absolute Gasteiger partial charge is 0.296 e. The molecule has 1 aliphatic rings. The zero-order chi connectivity index (χ0) is 13.6. The van der Waals surface area contributed by atoms with Crippen molar-refractivity contribution in [1.82, 2.24) is 14.8 Å². The fourth-order valence-corrected chi connectivity index (χ4v) is 3.04. The average molecular weight is 318 g/mol. The van der Waals surface area contributed by atoms with Gasteiger partial charge in [0.15, 0.2) is 5.82 Å². The van der Waals surface area contributed by atoms with Crippen LogP contribution in [-0.4, -0.2) is 23.2 Å². The first kappa shape index (κ1) is 12.9. The van der Waals surface area contributed by atoms with Crippen LogP contribution in [0.3, 0.4) is 0 Å². The molecule has 0 N–H and O–H groups in total. The van der Waals surface area contributed by atoms with Crippen molar-refractivity contribution in [3.63, 3.8) is 0 Å². The highest BCUT2D eigenvalue weighted by molar-refractivity contribution is 8.13. The summed E-state index contributed by atoms with van der Waals surface area (Å²) in [6, 6.07) is 7.13. The number of rotatable bonds is 3. The second-order valence-electron chi connectivity index (χ2n) is 4.36. The monoisotopic (exact) mass is 317 g/mol. The van der Waals surface area contributed by atoms with Crippen molar-refractivity contribution >= 4 is 31.3 Å². The van der Waals surface area contributed by atoms with E-state index in [4.69, 9.17) is 22.3 Å². The number of nitrogens with zero attached hydrogens (tertiary/aromatic N) is 3. The summed E-state index contributed by atoms with van der Waals surface area (Å²) >= 11 is 5.94. The Bertz CT molecular complexity index is 738. The highest BCUT2D eigenvalue weighted by atomic mass is 35.7. The van der Waals surface area contributed by atoms with Gasteiger partial charge in [0.1, 0.15) is 0 Å². The second-order valence-corrected chi connectivity index (χ2v) is 7.25. The fourth-order valence-electron chi connectivity index (χ4n) is 1.93. The van der Waals surface area contributed by atoms with Gasteiger partial charge in [0.2, 0.25) is 0 Å². The molecule has 1 fully saturated rings. The lowest BCUT2D eigenvalue weighted by molar-refractivity contribution is 0.579. The summed E-state index contributed by atoms with van der Waals surface area (Å²) in [6.45, 7) is 0. The van der Waals surface area contributed by atoms with Gasteiger partial charge in [-0.3, -0.25) is 4.57 Å². The van der Waals surface area contributed by atoms with E-state index >= 15 is 0 Å². The van der Waals surface area contributed by atoms with Crippen LogP contribution in [-0.2, 0) is 9.05 Å². The zero-order valence-electron chi connectivity index (χ0n) is 9.62. The van der Waals surface area contributed by atoms with Crippen molar-refractivity contribution in [2.75, 3.05) is 0 Å². The first-order chi connectivity index (χ1) is 8.97. The van der Waals surface area contributed by atoms with E-state index in [0.29, 0.717) is 10.8 Å². The Morgan fingerprint density at radius 1 is 1.26 bits per heavy atom. The Labute approximate surface area is 119 Å². The summed E-state index contributed by atoms with van der Waals surface area (Å²) in [5, 5.41) is 8.00. The molecule has 19 heavy (non-hydrogen) atoms. The Morgan fingerprint density at radius 2 is 2.00 bits per heavy atom. The van der Waals surface area contributed by atoms with E-state index in [9.17, 15) is 8.42 Å². The maximum atomic E-state index is 11.5. The molecule has 8 heteroatoms. The lowest BCUT2D eigenvalue weighted by atomic mass is 10.2. The molecule has 2 aromatic rings. The SMILES string of the molecule is O=S(=O)(Cl)c1nnc(-c2cccc(Cl)c2)n1C1CC1. The molecule has 1 aliphatic carbocycles. The van der Waals surface area contributed by atoms with Gasteiger partial charge < -0.3 is 0 Å². The normalized spacial score (nSPS) is 15.7. The van der Waals surface area contributed by atoms with E-state index in [0.717, 1.165) is 18.4 Å². The van der Waals surface area contributed by atoms with E-state index in [1.54, 1.807) is 28.8 Å². The zero-order valence-corrected chi connectivity index (χ0v) is 12.0. The van der Waals surface area contributed by atoms with Gasteiger partial charge in [-0.2, -0.15) is 0 Å². The van der Waals surface area contributed by atoms with Gasteiger partial charge in [0, 0.05) is 27.3 Å². The van der Waals surface area contributed by atoms with Crippen LogP contribution in [0.5, 0.6) is 0 Å². The summed E-state index contributed by atoms with van der Waals surface area (Å²) in [5.74, 6) is 0.476. The van der Waals surface area contributed by atoms with Crippen molar-refractivity contribution in [3.05, 3.63) is 29.3 Å². The van der Waals surface area contributed by atoms with Gasteiger partial charge >= 0.3 is 0 Å². The molecule has 0 atom stereocenters. The second kappa shape index (κ2) is 4.47. The Morgan fingerprint density at radius 3 is 2.58 bits per heavy atom. The predicted molar refractivity (Wildman–Crippen MR) is 71.8 cm³/mol. The quantitative estimate of drug-likeness (QED) is 0.816. The molecule has 100 valence electrons. The summed E-state index contributed by atoms with van der Waals surface area (Å²) < 4.78 is 24.6. The lowest BCUT2D eigenvalue weighted by Crippen LogP contribution is -2.06. The molecule has 0 spiro atoms. The van der Waals surface area contributed by atoms with Crippen molar-refractivity contribution in [1.29, 1.82) is 0 Å². The number of hydrogen-bond acceptors (Lipinski definition) is 4. The third kappa shape index (κ3) is 2.48. The third-order valence-electron chi connectivity index (χ3n) is 2.88. The molecule has 1 saturated carbocycles. The van der Waals surface area contributed by atoms with Gasteiger partial charge in [0.05, 0.1) is 0 Å². The van der Waals surface area contributed by atoms with Crippen LogP contribution in [0.4, 0.5) is 0 Å². The van der Waals surface area contributed by atoms with Crippen LogP contribution < -0.4 is 0 Å². The van der Waals surface area contributed by atoms with Crippen LogP contribution in [0, 0.1) is 0 Å². The van der Waals surface area contributed by atoms with Crippen molar-refractivity contribution in [3.8, 4) is 11.4 Å². The first-order valence-electron chi connectivity index (χ1n) is 5.62. The minimum atomic E-state index is -3.91. The molecule has 0 bridgehead atoms. The van der Waals surface area contributed by atoms with Crippen molar-refractivity contribution in [2.24, 2.45) is 0 Å². The fraction of sp³-hybridized carbons (Fsp3) is 0.273. The number of aromatic nitrogens is 3. The minimum Gasteiger partial charge on any atom is -0.294 e. The molecule has 0 aliphatic heterocycles. The molecule has 0 amide bonds. The van der Waals surface area contributed by atoms with Gasteiger partial charge in [-0.25, -0.2) is 8.42 Å². The molecular weight excluding hydrogens is 309 g/mol. The standard InChI is InChI=1S/C11H9Cl2N3O2S/c12-8-3-1-2-7(6-8)10-14-15-11(19(13,17)18)16(10)9-4-5-9/h1-3,6,9H,4-5H2. The van der Waals surface area contributed by atoms with Crippen LogP contribution in [0.1, 0.15) is 18.9 Å². The molecule has 0 saturated heterocycles. The molecule has 1 aromatic heterocycles. The van der Waals surface area contributed by atoms with Crippen molar-refractivity contribution < 1.29 is 8.42 Å². The van der Waals surface area contributed by atoms with Gasteiger partial charge in [-0.1, -0.05) is 23.7 Å². The first-order valence-corrected chi connectivity index (χ1v) is 8.31. The van der Waals surface area contributed by atoms with E-state index in [1.165, 1.54) is 0 Å². The molecule has 1 aromatic carbocycles. The molecule has 1 heterocycles. The van der Waals surface area contributed by atoms with E-state index in [1.807, 2.05) is 0 Å². The molecule has 3 rings (SSSR count). The Hall–Kier alpha value is -1.11. The van der Waals surface area contributed by atoms with E-state index in [-0.39, 0.29) is 11.2 Å². The Balaban J connectivity index is 2.20. The smallest absolute Gasteiger partial charge is 0.294 e. The third-order valence-corrected chi connectivity index (χ3v) is 4.24. The minimum absolute atomic E-state index is 0.0903. The molecule has 5 nitrogen and oxygen atoms in total. The average Bonchev–Trinajstić information content (AvgIpc) is 3.06. The van der Waals surface area contributed by atoms with Gasteiger partial charge in [-0.15, -0.1) is 10.2 Å².